The molecule has 0 aliphatic carbocycles. The van der Waals surface area contributed by atoms with E-state index in [1.54, 1.807) is 0 Å². The van der Waals surface area contributed by atoms with Crippen LogP contribution in [0.2, 0.25) is 0 Å². The van der Waals surface area contributed by atoms with Crippen molar-refractivity contribution in [2.45, 2.75) is 40.7 Å². The van der Waals surface area contributed by atoms with E-state index in [2.05, 4.69) is 26.1 Å². The van der Waals surface area contributed by atoms with E-state index < -0.39 is 0 Å². The van der Waals surface area contributed by atoms with E-state index in [4.69, 9.17) is 0 Å². The van der Waals surface area contributed by atoms with Crippen molar-refractivity contribution in [3.8, 4) is 0 Å². The van der Waals surface area contributed by atoms with Gasteiger partial charge in [-0.15, -0.1) is 0 Å². The van der Waals surface area contributed by atoms with Crippen molar-refractivity contribution in [2.75, 3.05) is 6.54 Å². The van der Waals surface area contributed by atoms with Gasteiger partial charge in [0.05, 0.1) is 6.54 Å². The maximum absolute atomic E-state index is 9.65. The second-order valence-corrected chi connectivity index (χ2v) is 3.46. The number of aldehydes is 1. The van der Waals surface area contributed by atoms with E-state index in [1.165, 1.54) is 0 Å². The summed E-state index contributed by atoms with van der Waals surface area (Å²) in [5.74, 6) is 0.833. The fourth-order valence-electron chi connectivity index (χ4n) is 0.284. The van der Waals surface area contributed by atoms with E-state index in [0.717, 1.165) is 12.2 Å². The van der Waals surface area contributed by atoms with Gasteiger partial charge in [0.2, 0.25) is 0 Å². The Morgan fingerprint density at radius 1 is 1.18 bits per heavy atom. The fourth-order valence-corrected chi connectivity index (χ4v) is 0.284. The van der Waals surface area contributed by atoms with Crippen LogP contribution in [0.3, 0.4) is 0 Å². The van der Waals surface area contributed by atoms with Crippen LogP contribution in [0.25, 0.3) is 0 Å². The Morgan fingerprint density at radius 3 is 1.64 bits per heavy atom. The van der Waals surface area contributed by atoms with Crippen molar-refractivity contribution in [2.24, 2.45) is 5.92 Å². The highest BCUT2D eigenvalue weighted by Gasteiger charge is 1.85. The molecular weight excluding hydrogens is 138 g/mol. The SMILES string of the molecule is CC(C)C.CC(C)NCC=O. The summed E-state index contributed by atoms with van der Waals surface area (Å²) in [4.78, 5) is 9.65. The number of carbonyl (C=O) groups excluding carboxylic acids is 1. The van der Waals surface area contributed by atoms with Crippen molar-refractivity contribution in [3.63, 3.8) is 0 Å². The molecule has 0 heterocycles. The first-order chi connectivity index (χ1) is 5.00. The summed E-state index contributed by atoms with van der Waals surface area (Å²) in [7, 11) is 0. The summed E-state index contributed by atoms with van der Waals surface area (Å²) in [5, 5.41) is 2.93. The summed E-state index contributed by atoms with van der Waals surface area (Å²) < 4.78 is 0. The van der Waals surface area contributed by atoms with Gasteiger partial charge < -0.3 is 10.1 Å². The lowest BCUT2D eigenvalue weighted by molar-refractivity contribution is -0.107. The number of nitrogens with one attached hydrogen (secondary N) is 1. The van der Waals surface area contributed by atoms with Crippen LogP contribution < -0.4 is 5.32 Å². The molecule has 0 unspecified atom stereocenters. The molecular formula is C9H21NO. The smallest absolute Gasteiger partial charge is 0.133 e. The molecule has 0 atom stereocenters. The molecule has 0 rings (SSSR count). The zero-order chi connectivity index (χ0) is 9.28. The van der Waals surface area contributed by atoms with Crippen LogP contribution in [0, 0.1) is 5.92 Å². The monoisotopic (exact) mass is 159 g/mol. The second-order valence-electron chi connectivity index (χ2n) is 3.46. The van der Waals surface area contributed by atoms with Gasteiger partial charge in [0, 0.05) is 6.04 Å². The average Bonchev–Trinajstić information content (AvgIpc) is 1.82. The van der Waals surface area contributed by atoms with Crippen LogP contribution in [0.5, 0.6) is 0 Å². The molecule has 0 amide bonds. The Kier molecular flexibility index (Phi) is 11.6. The molecule has 0 spiro atoms. The zero-order valence-electron chi connectivity index (χ0n) is 8.35. The lowest BCUT2D eigenvalue weighted by atomic mass is 10.3. The van der Waals surface area contributed by atoms with Crippen LogP contribution in [0.4, 0.5) is 0 Å². The molecule has 11 heavy (non-hydrogen) atoms. The Balaban J connectivity index is 0. The second kappa shape index (κ2) is 9.63. The molecule has 0 saturated heterocycles. The number of carbonyl (C=O) groups is 1. The highest BCUT2D eigenvalue weighted by Crippen LogP contribution is 1.81. The van der Waals surface area contributed by atoms with Crippen LogP contribution in [-0.4, -0.2) is 18.9 Å². The molecule has 0 aromatic heterocycles. The molecule has 0 aliphatic rings. The van der Waals surface area contributed by atoms with Gasteiger partial charge >= 0.3 is 0 Å². The third-order valence-corrected chi connectivity index (χ3v) is 0.609. The van der Waals surface area contributed by atoms with E-state index in [-0.39, 0.29) is 0 Å². The maximum Gasteiger partial charge on any atom is 0.133 e. The first-order valence-electron chi connectivity index (χ1n) is 4.17. The lowest BCUT2D eigenvalue weighted by Gasteiger charge is -2.00. The summed E-state index contributed by atoms with van der Waals surface area (Å²) in [6, 6.07) is 0.421. The first-order valence-corrected chi connectivity index (χ1v) is 4.17. The molecule has 2 heteroatoms. The topological polar surface area (TPSA) is 29.1 Å². The van der Waals surface area contributed by atoms with Gasteiger partial charge in [-0.2, -0.15) is 0 Å². The highest BCUT2D eigenvalue weighted by molar-refractivity contribution is 5.51. The molecule has 0 aliphatic heterocycles. The van der Waals surface area contributed by atoms with Crippen LogP contribution in [0.15, 0.2) is 0 Å². The minimum Gasteiger partial charge on any atom is -0.308 e. The van der Waals surface area contributed by atoms with Crippen molar-refractivity contribution >= 4 is 6.29 Å². The molecule has 0 bridgehead atoms. The van der Waals surface area contributed by atoms with E-state index >= 15 is 0 Å². The number of hydrogen-bond donors (Lipinski definition) is 1. The van der Waals surface area contributed by atoms with Crippen molar-refractivity contribution in [3.05, 3.63) is 0 Å². The normalized spacial score (nSPS) is 9.36. The van der Waals surface area contributed by atoms with Gasteiger partial charge in [0.25, 0.3) is 0 Å². The van der Waals surface area contributed by atoms with Gasteiger partial charge in [-0.25, -0.2) is 0 Å². The molecule has 0 radical (unpaired) electrons. The third-order valence-electron chi connectivity index (χ3n) is 0.609. The first kappa shape index (κ1) is 13.2. The minimum atomic E-state index is 0.421. The Labute approximate surface area is 70.4 Å². The predicted molar refractivity (Wildman–Crippen MR) is 49.7 cm³/mol. The van der Waals surface area contributed by atoms with Crippen LogP contribution in [0.1, 0.15) is 34.6 Å². The van der Waals surface area contributed by atoms with Crippen molar-refractivity contribution in [1.29, 1.82) is 0 Å². The summed E-state index contributed by atoms with van der Waals surface area (Å²) in [5.41, 5.74) is 0. The molecule has 0 aromatic rings. The molecule has 0 fully saturated rings. The highest BCUT2D eigenvalue weighted by atomic mass is 16.1. The Bertz CT molecular complexity index is 76.9. The van der Waals surface area contributed by atoms with Gasteiger partial charge in [-0.3, -0.25) is 0 Å². The summed E-state index contributed by atoms with van der Waals surface area (Å²) >= 11 is 0. The number of rotatable bonds is 3. The molecule has 1 N–H and O–H groups in total. The maximum atomic E-state index is 9.65. The van der Waals surface area contributed by atoms with Crippen LogP contribution in [-0.2, 0) is 4.79 Å². The quantitative estimate of drug-likeness (QED) is 0.637. The van der Waals surface area contributed by atoms with Gasteiger partial charge in [-0.05, 0) is 5.92 Å². The fraction of sp³-hybridized carbons (Fsp3) is 0.889. The predicted octanol–water partition coefficient (Wildman–Crippen LogP) is 1.85. The van der Waals surface area contributed by atoms with Gasteiger partial charge in [0.15, 0.2) is 0 Å². The third kappa shape index (κ3) is 42.5. The Morgan fingerprint density at radius 2 is 1.55 bits per heavy atom. The largest absolute Gasteiger partial charge is 0.308 e. The van der Waals surface area contributed by atoms with Crippen LogP contribution >= 0.6 is 0 Å². The van der Waals surface area contributed by atoms with E-state index in [9.17, 15) is 4.79 Å². The molecule has 2 nitrogen and oxygen atoms in total. The lowest BCUT2D eigenvalue weighted by Crippen LogP contribution is -2.24. The minimum absolute atomic E-state index is 0.421. The van der Waals surface area contributed by atoms with Crippen molar-refractivity contribution < 1.29 is 4.79 Å². The summed E-state index contributed by atoms with van der Waals surface area (Å²) in [6.45, 7) is 11.0. The van der Waals surface area contributed by atoms with E-state index in [0.29, 0.717) is 12.6 Å². The zero-order valence-corrected chi connectivity index (χ0v) is 8.35. The molecule has 68 valence electrons. The van der Waals surface area contributed by atoms with Crippen molar-refractivity contribution in [1.82, 2.24) is 5.32 Å². The van der Waals surface area contributed by atoms with E-state index in [1.807, 2.05) is 13.8 Å². The van der Waals surface area contributed by atoms with Gasteiger partial charge in [0.1, 0.15) is 6.29 Å². The van der Waals surface area contributed by atoms with Gasteiger partial charge in [-0.1, -0.05) is 34.6 Å². The number of hydrogen-bond acceptors (Lipinski definition) is 2. The average molecular weight is 159 g/mol. The standard InChI is InChI=1S/C5H11NO.C4H10/c1-5(2)6-3-4-7;1-4(2)3/h4-6H,3H2,1-2H3;4H,1-3H3. The molecule has 0 aromatic carbocycles. The molecule has 0 saturated carbocycles. The Hall–Kier alpha value is -0.370. The summed E-state index contributed by atoms with van der Waals surface area (Å²) in [6.07, 6.45) is 0.861.